The number of hydrogen-bond donors (Lipinski definition) is 1. The molecule has 0 unspecified atom stereocenters. The number of rotatable bonds is 11. The number of aryl methyl sites for hydroxylation is 1. The Hall–Kier alpha value is -3.36. The van der Waals surface area contributed by atoms with Gasteiger partial charge in [-0.25, -0.2) is 8.42 Å². The summed E-state index contributed by atoms with van der Waals surface area (Å²) in [7, 11) is -4.12. The first-order valence-electron chi connectivity index (χ1n) is 12.5. The van der Waals surface area contributed by atoms with Gasteiger partial charge in [0.2, 0.25) is 11.8 Å². The minimum atomic E-state index is -4.12. The molecule has 38 heavy (non-hydrogen) atoms. The van der Waals surface area contributed by atoms with Crippen LogP contribution in [0.15, 0.2) is 83.8 Å². The van der Waals surface area contributed by atoms with Crippen molar-refractivity contribution in [2.75, 3.05) is 17.4 Å². The molecule has 0 fully saturated rings. The highest BCUT2D eigenvalue weighted by atomic mass is 35.5. The molecular formula is C29H34ClN3O4S. The molecule has 0 bridgehead atoms. The highest BCUT2D eigenvalue weighted by molar-refractivity contribution is 7.92. The predicted octanol–water partition coefficient (Wildman–Crippen LogP) is 5.03. The van der Waals surface area contributed by atoms with Crippen molar-refractivity contribution in [1.82, 2.24) is 10.2 Å². The van der Waals surface area contributed by atoms with Crippen LogP contribution < -0.4 is 9.62 Å². The molecule has 0 aromatic heterocycles. The Morgan fingerprint density at radius 3 is 2.21 bits per heavy atom. The van der Waals surface area contributed by atoms with E-state index in [1.54, 1.807) is 43.3 Å². The van der Waals surface area contributed by atoms with Crippen molar-refractivity contribution in [3.8, 4) is 0 Å². The van der Waals surface area contributed by atoms with Gasteiger partial charge in [0.05, 0.1) is 10.6 Å². The number of benzene rings is 3. The highest BCUT2D eigenvalue weighted by Crippen LogP contribution is 2.27. The summed E-state index contributed by atoms with van der Waals surface area (Å²) in [5.74, 6) is -0.582. The molecule has 0 heterocycles. The molecule has 9 heteroatoms. The molecule has 7 nitrogen and oxygen atoms in total. The molecule has 0 aliphatic carbocycles. The molecular weight excluding hydrogens is 522 g/mol. The molecule has 0 spiro atoms. The number of halogens is 1. The lowest BCUT2D eigenvalue weighted by molar-refractivity contribution is -0.139. The van der Waals surface area contributed by atoms with E-state index in [2.05, 4.69) is 5.32 Å². The van der Waals surface area contributed by atoms with Crippen molar-refractivity contribution in [2.45, 2.75) is 45.2 Å². The lowest BCUT2D eigenvalue weighted by atomic mass is 10.1. The maximum atomic E-state index is 13.9. The van der Waals surface area contributed by atoms with Gasteiger partial charge in [0.25, 0.3) is 10.0 Å². The third kappa shape index (κ3) is 7.36. The summed E-state index contributed by atoms with van der Waals surface area (Å²) in [6.45, 7) is 7.66. The molecule has 0 aliphatic heterocycles. The van der Waals surface area contributed by atoms with Crippen LogP contribution in [-0.2, 0) is 26.2 Å². The maximum Gasteiger partial charge on any atom is 0.264 e. The minimum Gasteiger partial charge on any atom is -0.354 e. The van der Waals surface area contributed by atoms with Crippen LogP contribution in [0.3, 0.4) is 0 Å². The van der Waals surface area contributed by atoms with Gasteiger partial charge in [0.1, 0.15) is 12.6 Å². The van der Waals surface area contributed by atoms with Gasteiger partial charge < -0.3 is 10.2 Å². The maximum absolute atomic E-state index is 13.9. The van der Waals surface area contributed by atoms with Crippen molar-refractivity contribution in [1.29, 1.82) is 0 Å². The minimum absolute atomic E-state index is 0.0426. The van der Waals surface area contributed by atoms with E-state index in [0.29, 0.717) is 11.6 Å². The molecule has 0 radical (unpaired) electrons. The molecule has 1 atom stereocenters. The molecule has 202 valence electrons. The SMILES string of the molecule is Cc1ccccc1CN(C(=O)CN(c1cccc(Cl)c1)S(=O)(=O)c1ccccc1)[C@H](C)C(=O)NCC(C)C. The van der Waals surface area contributed by atoms with E-state index in [9.17, 15) is 18.0 Å². The standard InChI is InChI=1S/C29H34ClN3O4S/c1-21(2)18-31-29(35)23(4)32(19-24-12-9-8-11-22(24)3)28(34)20-33(26-14-10-13-25(30)17-26)38(36,37)27-15-6-5-7-16-27/h5-17,21,23H,18-20H2,1-4H3,(H,31,35)/t23-/m1/s1. The second-order valence-corrected chi connectivity index (χ2v) is 11.9. The number of anilines is 1. The van der Waals surface area contributed by atoms with Gasteiger partial charge in [-0.15, -0.1) is 0 Å². The van der Waals surface area contributed by atoms with Crippen molar-refractivity contribution >= 4 is 39.1 Å². The summed E-state index contributed by atoms with van der Waals surface area (Å²) in [6, 6.07) is 21.0. The summed E-state index contributed by atoms with van der Waals surface area (Å²) in [4.78, 5) is 28.4. The quantitative estimate of drug-likeness (QED) is 0.359. The summed E-state index contributed by atoms with van der Waals surface area (Å²) in [6.07, 6.45) is 0. The fraction of sp³-hybridized carbons (Fsp3) is 0.310. The Bertz CT molecular complexity index is 1360. The van der Waals surface area contributed by atoms with E-state index in [-0.39, 0.29) is 29.0 Å². The molecule has 3 aromatic rings. The third-order valence-corrected chi connectivity index (χ3v) is 8.18. The molecule has 0 aliphatic rings. The van der Waals surface area contributed by atoms with Crippen molar-refractivity contribution in [3.05, 3.63) is 95.0 Å². The van der Waals surface area contributed by atoms with Crippen LogP contribution in [0.1, 0.15) is 31.9 Å². The summed E-state index contributed by atoms with van der Waals surface area (Å²) in [5, 5.41) is 3.22. The first-order chi connectivity index (χ1) is 18.0. The van der Waals surface area contributed by atoms with Gasteiger partial charge in [0, 0.05) is 18.1 Å². The number of carbonyl (C=O) groups excluding carboxylic acids is 2. The highest BCUT2D eigenvalue weighted by Gasteiger charge is 2.32. The van der Waals surface area contributed by atoms with Crippen molar-refractivity contribution < 1.29 is 18.0 Å². The Labute approximate surface area is 230 Å². The Morgan fingerprint density at radius 1 is 0.921 bits per heavy atom. The number of carbonyl (C=O) groups is 2. The zero-order valence-electron chi connectivity index (χ0n) is 22.1. The zero-order valence-corrected chi connectivity index (χ0v) is 23.7. The second kappa shape index (κ2) is 12.9. The fourth-order valence-corrected chi connectivity index (χ4v) is 5.50. The van der Waals surface area contributed by atoms with Crippen molar-refractivity contribution in [2.24, 2.45) is 5.92 Å². The summed E-state index contributed by atoms with van der Waals surface area (Å²) >= 11 is 6.19. The molecule has 3 aromatic carbocycles. The number of amides is 2. The lowest BCUT2D eigenvalue weighted by Gasteiger charge is -2.32. The number of nitrogens with zero attached hydrogens (tertiary/aromatic N) is 2. The van der Waals surface area contributed by atoms with Crippen molar-refractivity contribution in [3.63, 3.8) is 0 Å². The van der Waals surface area contributed by atoms with Crippen LogP contribution in [-0.4, -0.2) is 44.3 Å². The van der Waals surface area contributed by atoms with Gasteiger partial charge in [0.15, 0.2) is 0 Å². The zero-order chi connectivity index (χ0) is 27.9. The van der Waals surface area contributed by atoms with Crippen LogP contribution in [0.25, 0.3) is 0 Å². The van der Waals surface area contributed by atoms with Crippen LogP contribution in [0.4, 0.5) is 5.69 Å². The first kappa shape index (κ1) is 29.2. The van der Waals surface area contributed by atoms with E-state index in [4.69, 9.17) is 11.6 Å². The van der Waals surface area contributed by atoms with Gasteiger partial charge in [-0.1, -0.05) is 74.0 Å². The normalized spacial score (nSPS) is 12.2. The summed E-state index contributed by atoms with van der Waals surface area (Å²) < 4.78 is 28.5. The number of nitrogens with one attached hydrogen (secondary N) is 1. The average Bonchev–Trinajstić information content (AvgIpc) is 2.89. The molecule has 3 rings (SSSR count). The Balaban J connectivity index is 2.01. The predicted molar refractivity (Wildman–Crippen MR) is 151 cm³/mol. The molecule has 0 saturated heterocycles. The Kier molecular flexibility index (Phi) is 9.94. The number of sulfonamides is 1. The van der Waals surface area contributed by atoms with Gasteiger partial charge >= 0.3 is 0 Å². The van der Waals surface area contributed by atoms with E-state index in [0.717, 1.165) is 15.4 Å². The van der Waals surface area contributed by atoms with Gasteiger partial charge in [-0.3, -0.25) is 13.9 Å². The number of hydrogen-bond acceptors (Lipinski definition) is 4. The second-order valence-electron chi connectivity index (χ2n) is 9.57. The smallest absolute Gasteiger partial charge is 0.264 e. The average molecular weight is 556 g/mol. The fourth-order valence-electron chi connectivity index (χ4n) is 3.89. The van der Waals surface area contributed by atoms with Crippen LogP contribution >= 0.6 is 11.6 Å². The molecule has 1 N–H and O–H groups in total. The molecule has 2 amide bonds. The van der Waals surface area contributed by atoms with Crippen LogP contribution in [0.5, 0.6) is 0 Å². The van der Waals surface area contributed by atoms with Crippen LogP contribution in [0, 0.1) is 12.8 Å². The third-order valence-electron chi connectivity index (χ3n) is 6.16. The van der Waals surface area contributed by atoms with E-state index in [1.807, 2.05) is 45.0 Å². The van der Waals surface area contributed by atoms with Gasteiger partial charge in [-0.2, -0.15) is 0 Å². The van der Waals surface area contributed by atoms with E-state index >= 15 is 0 Å². The monoisotopic (exact) mass is 555 g/mol. The Morgan fingerprint density at radius 2 is 1.58 bits per heavy atom. The molecule has 0 saturated carbocycles. The largest absolute Gasteiger partial charge is 0.354 e. The lowest BCUT2D eigenvalue weighted by Crippen LogP contribution is -2.51. The van der Waals surface area contributed by atoms with E-state index in [1.165, 1.54) is 23.1 Å². The summed E-state index contributed by atoms with van der Waals surface area (Å²) in [5.41, 5.74) is 2.08. The van der Waals surface area contributed by atoms with Gasteiger partial charge in [-0.05, 0) is 61.2 Å². The first-order valence-corrected chi connectivity index (χ1v) is 14.3. The van der Waals surface area contributed by atoms with E-state index < -0.39 is 28.5 Å². The topological polar surface area (TPSA) is 86.8 Å². The van der Waals surface area contributed by atoms with Crippen LogP contribution in [0.2, 0.25) is 5.02 Å².